The lowest BCUT2D eigenvalue weighted by atomic mass is 9.75. The van der Waals surface area contributed by atoms with Crippen molar-refractivity contribution in [3.05, 3.63) is 23.8 Å². The van der Waals surface area contributed by atoms with Crippen LogP contribution in [0.4, 0.5) is 0 Å². The Morgan fingerprint density at radius 1 is 1.25 bits per heavy atom. The first-order chi connectivity index (χ1) is 7.79. The van der Waals surface area contributed by atoms with Crippen molar-refractivity contribution in [3.63, 3.8) is 0 Å². The van der Waals surface area contributed by atoms with Gasteiger partial charge in [0, 0.05) is 0 Å². The molecule has 0 radical (unpaired) electrons. The van der Waals surface area contributed by atoms with Gasteiger partial charge < -0.3 is 5.32 Å². The van der Waals surface area contributed by atoms with Crippen LogP contribution in [-0.2, 0) is 0 Å². The van der Waals surface area contributed by atoms with Gasteiger partial charge in [-0.2, -0.15) is 0 Å². The van der Waals surface area contributed by atoms with E-state index < -0.39 is 0 Å². The van der Waals surface area contributed by atoms with Crippen LogP contribution in [0, 0.1) is 5.41 Å². The Morgan fingerprint density at radius 2 is 1.94 bits per heavy atom. The SMILES string of the molecule is CC.CC1(CC2=CC=CCC2)CCNCC1. The van der Waals surface area contributed by atoms with E-state index in [1.807, 2.05) is 13.8 Å². The molecule has 1 N–H and O–H groups in total. The second-order valence-corrected chi connectivity index (χ2v) is 5.03. The van der Waals surface area contributed by atoms with Gasteiger partial charge in [-0.15, -0.1) is 0 Å². The lowest BCUT2D eigenvalue weighted by Crippen LogP contribution is -2.35. The lowest BCUT2D eigenvalue weighted by molar-refractivity contribution is 0.226. The van der Waals surface area contributed by atoms with Crippen molar-refractivity contribution in [1.82, 2.24) is 5.32 Å². The van der Waals surface area contributed by atoms with Crippen molar-refractivity contribution in [2.45, 2.75) is 52.9 Å². The first-order valence-electron chi connectivity index (χ1n) is 6.84. The highest BCUT2D eigenvalue weighted by molar-refractivity contribution is 5.19. The summed E-state index contributed by atoms with van der Waals surface area (Å²) in [6.07, 6.45) is 13.4. The van der Waals surface area contributed by atoms with Gasteiger partial charge in [0.05, 0.1) is 0 Å². The monoisotopic (exact) mass is 221 g/mol. The van der Waals surface area contributed by atoms with Crippen LogP contribution in [0.2, 0.25) is 0 Å². The van der Waals surface area contributed by atoms with Crippen LogP contribution in [0.15, 0.2) is 23.8 Å². The van der Waals surface area contributed by atoms with Gasteiger partial charge in [-0.3, -0.25) is 0 Å². The van der Waals surface area contributed by atoms with Crippen LogP contribution in [0.3, 0.4) is 0 Å². The third-order valence-electron chi connectivity index (χ3n) is 3.56. The topological polar surface area (TPSA) is 12.0 Å². The van der Waals surface area contributed by atoms with E-state index in [1.165, 1.54) is 45.2 Å². The predicted molar refractivity (Wildman–Crippen MR) is 72.6 cm³/mol. The highest BCUT2D eigenvalue weighted by Gasteiger charge is 2.27. The molecule has 1 aliphatic carbocycles. The number of allylic oxidation sites excluding steroid dienone is 4. The zero-order chi connectivity index (χ0) is 11.9. The second kappa shape index (κ2) is 6.90. The fourth-order valence-corrected chi connectivity index (χ4v) is 2.56. The van der Waals surface area contributed by atoms with E-state index >= 15 is 0 Å². The summed E-state index contributed by atoms with van der Waals surface area (Å²) < 4.78 is 0. The number of hydrogen-bond donors (Lipinski definition) is 1. The molecule has 0 atom stereocenters. The normalized spacial score (nSPS) is 23.1. The van der Waals surface area contributed by atoms with Gasteiger partial charge in [-0.25, -0.2) is 0 Å². The van der Waals surface area contributed by atoms with Gasteiger partial charge >= 0.3 is 0 Å². The molecule has 0 amide bonds. The summed E-state index contributed by atoms with van der Waals surface area (Å²) in [6, 6.07) is 0. The van der Waals surface area contributed by atoms with Crippen LogP contribution >= 0.6 is 0 Å². The summed E-state index contributed by atoms with van der Waals surface area (Å²) in [4.78, 5) is 0. The zero-order valence-electron chi connectivity index (χ0n) is 11.2. The van der Waals surface area contributed by atoms with Crippen molar-refractivity contribution < 1.29 is 0 Å². The maximum atomic E-state index is 3.44. The Balaban J connectivity index is 0.000000606. The minimum absolute atomic E-state index is 0.572. The van der Waals surface area contributed by atoms with Gasteiger partial charge in [0.25, 0.3) is 0 Å². The molecule has 2 rings (SSSR count). The summed E-state index contributed by atoms with van der Waals surface area (Å²) in [7, 11) is 0. The quantitative estimate of drug-likeness (QED) is 0.741. The van der Waals surface area contributed by atoms with Crippen molar-refractivity contribution in [1.29, 1.82) is 0 Å². The predicted octanol–water partition coefficient (Wildman–Crippen LogP) is 4.07. The molecule has 1 heterocycles. The lowest BCUT2D eigenvalue weighted by Gasteiger charge is -2.35. The Hall–Kier alpha value is -0.560. The minimum Gasteiger partial charge on any atom is -0.317 e. The summed E-state index contributed by atoms with van der Waals surface area (Å²) in [5.74, 6) is 0. The Labute approximate surface area is 101 Å². The maximum absolute atomic E-state index is 3.44. The highest BCUT2D eigenvalue weighted by atomic mass is 14.9. The van der Waals surface area contributed by atoms with Gasteiger partial charge in [0.2, 0.25) is 0 Å². The minimum atomic E-state index is 0.572. The first kappa shape index (κ1) is 13.5. The van der Waals surface area contributed by atoms with Crippen LogP contribution in [0.1, 0.15) is 52.9 Å². The molecule has 0 bridgehead atoms. The molecule has 2 aliphatic rings. The highest BCUT2D eigenvalue weighted by Crippen LogP contribution is 2.36. The number of hydrogen-bond acceptors (Lipinski definition) is 1. The van der Waals surface area contributed by atoms with Crippen LogP contribution in [0.25, 0.3) is 0 Å². The van der Waals surface area contributed by atoms with Crippen molar-refractivity contribution in [2.24, 2.45) is 5.41 Å². The largest absolute Gasteiger partial charge is 0.317 e. The van der Waals surface area contributed by atoms with E-state index in [0.717, 1.165) is 0 Å². The van der Waals surface area contributed by atoms with Crippen LogP contribution in [0.5, 0.6) is 0 Å². The molecule has 0 aromatic carbocycles. The zero-order valence-corrected chi connectivity index (χ0v) is 11.2. The Morgan fingerprint density at radius 3 is 2.50 bits per heavy atom. The molecule has 16 heavy (non-hydrogen) atoms. The van der Waals surface area contributed by atoms with Crippen molar-refractivity contribution in [3.8, 4) is 0 Å². The smallest absolute Gasteiger partial charge is 0.00436 e. The molecular weight excluding hydrogens is 194 g/mol. The van der Waals surface area contributed by atoms with Crippen LogP contribution < -0.4 is 5.32 Å². The average Bonchev–Trinajstić information content (AvgIpc) is 2.33. The molecule has 1 heteroatoms. The summed E-state index contributed by atoms with van der Waals surface area (Å²) in [5.41, 5.74) is 2.24. The molecule has 0 aromatic rings. The summed E-state index contributed by atoms with van der Waals surface area (Å²) >= 11 is 0. The molecule has 1 aliphatic heterocycles. The Bertz CT molecular complexity index is 244. The number of rotatable bonds is 2. The maximum Gasteiger partial charge on any atom is -0.00436 e. The third-order valence-corrected chi connectivity index (χ3v) is 3.56. The molecule has 1 fully saturated rings. The molecular formula is C15H27N. The summed E-state index contributed by atoms with van der Waals surface area (Å²) in [6.45, 7) is 8.87. The average molecular weight is 221 g/mol. The van der Waals surface area contributed by atoms with E-state index in [2.05, 4.69) is 30.5 Å². The summed E-state index contributed by atoms with van der Waals surface area (Å²) in [5, 5.41) is 3.44. The van der Waals surface area contributed by atoms with Gasteiger partial charge in [-0.05, 0) is 50.6 Å². The molecule has 92 valence electrons. The van der Waals surface area contributed by atoms with Gasteiger partial charge in [-0.1, -0.05) is 44.6 Å². The standard InChI is InChI=1S/C13H21N.C2H6/c1-13(7-9-14-10-8-13)11-12-5-3-2-4-6-12;1-2/h2-3,5,14H,4,6-11H2,1H3;1-2H3. The van der Waals surface area contributed by atoms with E-state index in [4.69, 9.17) is 0 Å². The molecule has 0 spiro atoms. The van der Waals surface area contributed by atoms with Crippen molar-refractivity contribution in [2.75, 3.05) is 13.1 Å². The Kier molecular flexibility index (Phi) is 5.83. The molecule has 0 aromatic heterocycles. The first-order valence-corrected chi connectivity index (χ1v) is 6.84. The number of piperidine rings is 1. The molecule has 0 unspecified atom stereocenters. The van der Waals surface area contributed by atoms with E-state index in [9.17, 15) is 0 Å². The van der Waals surface area contributed by atoms with E-state index in [-0.39, 0.29) is 0 Å². The van der Waals surface area contributed by atoms with Crippen molar-refractivity contribution >= 4 is 0 Å². The fourth-order valence-electron chi connectivity index (χ4n) is 2.56. The fraction of sp³-hybridized carbons (Fsp3) is 0.733. The molecule has 1 saturated heterocycles. The molecule has 1 nitrogen and oxygen atoms in total. The third kappa shape index (κ3) is 4.13. The van der Waals surface area contributed by atoms with E-state index in [0.29, 0.717) is 5.41 Å². The van der Waals surface area contributed by atoms with Gasteiger partial charge in [0.15, 0.2) is 0 Å². The van der Waals surface area contributed by atoms with E-state index in [1.54, 1.807) is 5.57 Å². The second-order valence-electron chi connectivity index (χ2n) is 5.03. The van der Waals surface area contributed by atoms with Gasteiger partial charge in [0.1, 0.15) is 0 Å². The number of nitrogens with one attached hydrogen (secondary N) is 1. The molecule has 0 saturated carbocycles. The van der Waals surface area contributed by atoms with Crippen LogP contribution in [-0.4, -0.2) is 13.1 Å².